The molecule has 1 atom stereocenters. The number of hydrogen-bond acceptors (Lipinski definition) is 9. The van der Waals surface area contributed by atoms with Crippen LogP contribution in [-0.2, 0) is 30.2 Å². The number of fused-ring (bicyclic) bond motifs is 3. The van der Waals surface area contributed by atoms with Crippen LogP contribution in [0.1, 0.15) is 74.6 Å². The van der Waals surface area contributed by atoms with E-state index in [1.54, 1.807) is 10.9 Å². The number of carbonyl (C=O) groups is 1. The molecule has 2 aromatic heterocycles. The summed E-state index contributed by atoms with van der Waals surface area (Å²) < 4.78 is 7.31. The number of nitrogens with one attached hydrogen (secondary N) is 2. The van der Waals surface area contributed by atoms with Crippen LogP contribution in [0.4, 0.5) is 11.6 Å². The van der Waals surface area contributed by atoms with Gasteiger partial charge in [0, 0.05) is 37.1 Å². The molecule has 5 N–H and O–H groups in total. The van der Waals surface area contributed by atoms with Gasteiger partial charge in [-0.15, -0.1) is 0 Å². The molecular formula is C30H42N8O3. The molecule has 3 heterocycles. The average molecular weight is 563 g/mol. The summed E-state index contributed by atoms with van der Waals surface area (Å²) in [5, 5.41) is 21.1. The highest BCUT2D eigenvalue weighted by Crippen LogP contribution is 2.43. The molecule has 0 bridgehead atoms. The first kappa shape index (κ1) is 29.1. The second-order valence-electron chi connectivity index (χ2n) is 12.8. The number of nitrogens with two attached hydrogens (primary N) is 1. The van der Waals surface area contributed by atoms with Crippen LogP contribution in [0.25, 0.3) is 11.4 Å². The van der Waals surface area contributed by atoms with E-state index < -0.39 is 12.0 Å². The Labute approximate surface area is 241 Å². The molecule has 220 valence electrons. The molecule has 5 rings (SSSR count). The highest BCUT2D eigenvalue weighted by Gasteiger charge is 2.39. The van der Waals surface area contributed by atoms with Crippen molar-refractivity contribution in [2.45, 2.75) is 83.9 Å². The van der Waals surface area contributed by atoms with Gasteiger partial charge in [-0.3, -0.25) is 19.7 Å². The molecule has 11 nitrogen and oxygen atoms in total. The van der Waals surface area contributed by atoms with E-state index >= 15 is 0 Å². The zero-order valence-electron chi connectivity index (χ0n) is 24.9. The molecule has 1 aromatic carbocycles. The van der Waals surface area contributed by atoms with Crippen LogP contribution in [0.3, 0.4) is 0 Å². The lowest BCUT2D eigenvalue weighted by atomic mass is 9.73. The summed E-state index contributed by atoms with van der Waals surface area (Å²) in [6, 6.07) is 8.17. The van der Waals surface area contributed by atoms with Crippen LogP contribution in [0, 0.1) is 0 Å². The first-order valence-corrected chi connectivity index (χ1v) is 14.2. The van der Waals surface area contributed by atoms with Crippen LogP contribution in [0.15, 0.2) is 30.5 Å². The van der Waals surface area contributed by atoms with E-state index in [2.05, 4.69) is 50.5 Å². The quantitative estimate of drug-likeness (QED) is 0.319. The van der Waals surface area contributed by atoms with E-state index in [-0.39, 0.29) is 23.3 Å². The molecule has 3 aromatic rings. The number of aromatic nitrogens is 4. The van der Waals surface area contributed by atoms with E-state index in [0.29, 0.717) is 12.1 Å². The Hall–Kier alpha value is -3.38. The molecule has 1 aliphatic carbocycles. The van der Waals surface area contributed by atoms with E-state index in [9.17, 15) is 9.90 Å². The SMILES string of the molecule is Cn1nc(C(=O)Nc2cccc(CN3CCC(NC(O)OC(C)(C)C)CC3)c2)c2c1-c1nc(N)ncc1CC2(C)C. The Morgan fingerprint density at radius 2 is 2.00 bits per heavy atom. The third kappa shape index (κ3) is 6.59. The van der Waals surface area contributed by atoms with Crippen molar-refractivity contribution < 1.29 is 14.6 Å². The third-order valence-electron chi connectivity index (χ3n) is 7.70. The van der Waals surface area contributed by atoms with E-state index in [1.807, 2.05) is 46.0 Å². The maximum absolute atomic E-state index is 13.6. The van der Waals surface area contributed by atoms with Crippen molar-refractivity contribution in [2.75, 3.05) is 24.1 Å². The minimum atomic E-state index is -0.969. The van der Waals surface area contributed by atoms with Crippen molar-refractivity contribution in [3.63, 3.8) is 0 Å². The molecular weight excluding hydrogens is 520 g/mol. The zero-order valence-corrected chi connectivity index (χ0v) is 24.9. The van der Waals surface area contributed by atoms with Crippen LogP contribution in [0.5, 0.6) is 0 Å². The molecule has 11 heteroatoms. The van der Waals surface area contributed by atoms with Crippen LogP contribution in [-0.4, -0.2) is 66.8 Å². The lowest BCUT2D eigenvalue weighted by Crippen LogP contribution is -2.48. The molecule has 0 spiro atoms. The fourth-order valence-corrected chi connectivity index (χ4v) is 5.94. The van der Waals surface area contributed by atoms with Crippen LogP contribution in [0.2, 0.25) is 0 Å². The highest BCUT2D eigenvalue weighted by molar-refractivity contribution is 6.05. The maximum Gasteiger partial charge on any atom is 0.276 e. The number of hydrogen-bond donors (Lipinski definition) is 4. The van der Waals surface area contributed by atoms with Gasteiger partial charge in [0.2, 0.25) is 12.4 Å². The molecule has 1 fully saturated rings. The number of aryl methyl sites for hydroxylation is 1. The third-order valence-corrected chi connectivity index (χ3v) is 7.70. The first-order chi connectivity index (χ1) is 19.3. The van der Waals surface area contributed by atoms with Crippen LogP contribution < -0.4 is 16.4 Å². The number of likely N-dealkylation sites (tertiary alicyclic amines) is 1. The molecule has 1 amide bonds. The summed E-state index contributed by atoms with van der Waals surface area (Å²) in [6.07, 6.45) is 3.32. The van der Waals surface area contributed by atoms with Gasteiger partial charge in [-0.1, -0.05) is 26.0 Å². The van der Waals surface area contributed by atoms with Gasteiger partial charge in [-0.2, -0.15) is 5.10 Å². The summed E-state index contributed by atoms with van der Waals surface area (Å²) in [6.45, 7) is 12.6. The number of benzene rings is 1. The fourth-order valence-electron chi connectivity index (χ4n) is 5.94. The molecule has 0 radical (unpaired) electrons. The zero-order chi connectivity index (χ0) is 29.5. The van der Waals surface area contributed by atoms with Gasteiger partial charge >= 0.3 is 0 Å². The highest BCUT2D eigenvalue weighted by atomic mass is 16.6. The Morgan fingerprint density at radius 3 is 2.71 bits per heavy atom. The number of aliphatic hydroxyl groups excluding tert-OH is 1. The van der Waals surface area contributed by atoms with Crippen molar-refractivity contribution in [3.8, 4) is 11.4 Å². The smallest absolute Gasteiger partial charge is 0.276 e. The van der Waals surface area contributed by atoms with Crippen molar-refractivity contribution in [3.05, 3.63) is 52.8 Å². The second-order valence-corrected chi connectivity index (χ2v) is 12.8. The lowest BCUT2D eigenvalue weighted by Gasteiger charge is -2.34. The number of amides is 1. The number of piperidine rings is 1. The summed E-state index contributed by atoms with van der Waals surface area (Å²) in [5.74, 6) is -0.0495. The monoisotopic (exact) mass is 562 g/mol. The van der Waals surface area contributed by atoms with Gasteiger partial charge in [0.1, 0.15) is 0 Å². The average Bonchev–Trinajstić information content (AvgIpc) is 3.24. The Kier molecular flexibility index (Phi) is 7.90. The summed E-state index contributed by atoms with van der Waals surface area (Å²) >= 11 is 0. The largest absolute Gasteiger partial charge is 0.368 e. The molecule has 41 heavy (non-hydrogen) atoms. The number of nitrogen functional groups attached to an aromatic ring is 1. The van der Waals surface area contributed by atoms with Crippen molar-refractivity contribution in [2.24, 2.45) is 7.05 Å². The van der Waals surface area contributed by atoms with Gasteiger partial charge in [0.15, 0.2) is 5.69 Å². The van der Waals surface area contributed by atoms with E-state index in [0.717, 1.165) is 66.2 Å². The summed E-state index contributed by atoms with van der Waals surface area (Å²) in [7, 11) is 1.83. The van der Waals surface area contributed by atoms with Crippen molar-refractivity contribution in [1.82, 2.24) is 30.0 Å². The van der Waals surface area contributed by atoms with Crippen molar-refractivity contribution >= 4 is 17.5 Å². The standard InChI is InChI=1S/C30H42N8O3/c1-29(2,3)41-28(40)34-20-10-12-38(13-11-20)17-18-8-7-9-21(14-18)33-26(39)24-22-25(37(6)36-24)23-19(15-30(22,4)5)16-32-27(31)35-23/h7-9,14,16,20,28,34,40H,10-13,15,17H2,1-6H3,(H,33,39)(H2,31,32,35). The molecule has 1 aliphatic heterocycles. The maximum atomic E-state index is 13.6. The van der Waals surface area contributed by atoms with Gasteiger partial charge in [-0.25, -0.2) is 9.97 Å². The predicted octanol–water partition coefficient (Wildman–Crippen LogP) is 3.19. The fraction of sp³-hybridized carbons (Fsp3) is 0.533. The molecule has 1 unspecified atom stereocenters. The Morgan fingerprint density at radius 1 is 1.27 bits per heavy atom. The minimum Gasteiger partial charge on any atom is -0.368 e. The van der Waals surface area contributed by atoms with Crippen molar-refractivity contribution in [1.29, 1.82) is 0 Å². The number of ether oxygens (including phenoxy) is 1. The number of aliphatic hydroxyl groups is 1. The molecule has 2 aliphatic rings. The number of rotatable bonds is 7. The lowest BCUT2D eigenvalue weighted by molar-refractivity contribution is -0.186. The topological polar surface area (TPSA) is 143 Å². The number of carbonyl (C=O) groups excluding carboxylic acids is 1. The van der Waals surface area contributed by atoms with E-state index in [1.165, 1.54) is 0 Å². The second kappa shape index (κ2) is 11.1. The summed E-state index contributed by atoms with van der Waals surface area (Å²) in [4.78, 5) is 24.6. The number of nitrogens with zero attached hydrogens (tertiary/aromatic N) is 5. The molecule has 1 saturated heterocycles. The Bertz CT molecular complexity index is 1420. The Balaban J connectivity index is 1.24. The minimum absolute atomic E-state index is 0.200. The normalized spacial score (nSPS) is 18.0. The first-order valence-electron chi connectivity index (χ1n) is 14.2. The van der Waals surface area contributed by atoms with Gasteiger partial charge in [0.05, 0.1) is 17.0 Å². The molecule has 0 saturated carbocycles. The predicted molar refractivity (Wildman–Crippen MR) is 158 cm³/mol. The van der Waals surface area contributed by atoms with Gasteiger partial charge < -0.3 is 20.9 Å². The van der Waals surface area contributed by atoms with Gasteiger partial charge in [0.25, 0.3) is 5.91 Å². The van der Waals surface area contributed by atoms with E-state index in [4.69, 9.17) is 10.5 Å². The van der Waals surface area contributed by atoms with Gasteiger partial charge in [-0.05, 0) is 81.8 Å². The van der Waals surface area contributed by atoms with Crippen LogP contribution >= 0.6 is 0 Å². The summed E-state index contributed by atoms with van der Waals surface area (Å²) in [5.41, 5.74) is 10.8. The number of anilines is 2.